The van der Waals surface area contributed by atoms with Crippen LogP contribution in [-0.4, -0.2) is 29.5 Å². The highest BCUT2D eigenvalue weighted by molar-refractivity contribution is 5.91. The van der Waals surface area contributed by atoms with Gasteiger partial charge in [-0.15, -0.1) is 0 Å². The van der Waals surface area contributed by atoms with Crippen molar-refractivity contribution < 1.29 is 4.79 Å². The number of nitrogens with two attached hydrogens (primary N) is 1. The summed E-state index contributed by atoms with van der Waals surface area (Å²) >= 11 is 0. The lowest BCUT2D eigenvalue weighted by atomic mass is 10.1. The molecule has 0 saturated heterocycles. The summed E-state index contributed by atoms with van der Waals surface area (Å²) in [6.07, 6.45) is 8.19. The largest absolute Gasteiger partial charge is 0.351 e. The number of primary amides is 1. The van der Waals surface area contributed by atoms with Gasteiger partial charge < -0.3 is 5.73 Å². The Morgan fingerprint density at radius 1 is 1.62 bits per heavy atom. The van der Waals surface area contributed by atoms with Crippen LogP contribution in [0.2, 0.25) is 0 Å². The molecule has 0 bridgehead atoms. The van der Waals surface area contributed by atoms with Crippen molar-refractivity contribution in [2.45, 2.75) is 6.04 Å². The molecule has 5 heteroatoms. The van der Waals surface area contributed by atoms with Gasteiger partial charge in [0.2, 0.25) is 0 Å². The molecule has 2 amide bonds. The second-order valence-electron chi connectivity index (χ2n) is 2.70. The summed E-state index contributed by atoms with van der Waals surface area (Å²) in [5.41, 5.74) is 5.96. The van der Waals surface area contributed by atoms with Gasteiger partial charge in [0.1, 0.15) is 6.34 Å². The molecule has 0 fully saturated rings. The molecule has 0 aromatic heterocycles. The van der Waals surface area contributed by atoms with E-state index in [1.54, 1.807) is 24.7 Å². The Labute approximate surface area is 75.0 Å². The maximum absolute atomic E-state index is 10.8. The van der Waals surface area contributed by atoms with Crippen LogP contribution in [0.4, 0.5) is 4.79 Å². The summed E-state index contributed by atoms with van der Waals surface area (Å²) in [7, 11) is 0. The molecule has 0 aromatic rings. The van der Waals surface area contributed by atoms with E-state index in [2.05, 4.69) is 9.98 Å². The number of hydrogen-bond donors (Lipinski definition) is 1. The molecule has 2 heterocycles. The topological polar surface area (TPSA) is 71.1 Å². The third-order valence-corrected chi connectivity index (χ3v) is 1.83. The highest BCUT2D eigenvalue weighted by atomic mass is 16.2. The lowest BCUT2D eigenvalue weighted by Crippen LogP contribution is -2.31. The molecule has 0 spiro atoms. The standard InChI is InChI=1S/C8H8N4O/c9-8(13)12-2-1-7-6(4-12)3-10-5-11-7/h1-5,7H,(H2,9,13). The Morgan fingerprint density at radius 3 is 3.23 bits per heavy atom. The van der Waals surface area contributed by atoms with E-state index in [1.165, 1.54) is 11.2 Å². The third-order valence-electron chi connectivity index (χ3n) is 1.83. The lowest BCUT2D eigenvalue weighted by Gasteiger charge is -2.21. The molecule has 0 aliphatic carbocycles. The number of carbonyl (C=O) groups excluding carboxylic acids is 1. The molecule has 2 aliphatic rings. The van der Waals surface area contributed by atoms with Gasteiger partial charge in [0.05, 0.1) is 6.04 Å². The molecule has 0 saturated carbocycles. The normalized spacial score (nSPS) is 24.2. The van der Waals surface area contributed by atoms with Crippen LogP contribution in [0, 0.1) is 0 Å². The molecule has 2 N–H and O–H groups in total. The van der Waals surface area contributed by atoms with Crippen LogP contribution in [0.5, 0.6) is 0 Å². The van der Waals surface area contributed by atoms with Crippen molar-refractivity contribution in [3.8, 4) is 0 Å². The fraction of sp³-hybridized carbons (Fsp3) is 0.125. The number of aliphatic imine (C=N–C) groups is 2. The van der Waals surface area contributed by atoms with Crippen molar-refractivity contribution in [3.05, 3.63) is 24.0 Å². The van der Waals surface area contributed by atoms with E-state index >= 15 is 0 Å². The van der Waals surface area contributed by atoms with E-state index in [1.807, 2.05) is 0 Å². The second-order valence-corrected chi connectivity index (χ2v) is 2.70. The maximum Gasteiger partial charge on any atom is 0.322 e. The first kappa shape index (κ1) is 7.72. The minimum absolute atomic E-state index is 0.0203. The van der Waals surface area contributed by atoms with Gasteiger partial charge in [-0.25, -0.2) is 9.79 Å². The Kier molecular flexibility index (Phi) is 1.70. The quantitative estimate of drug-likeness (QED) is 0.565. The fourth-order valence-electron chi connectivity index (χ4n) is 1.18. The van der Waals surface area contributed by atoms with Crippen molar-refractivity contribution in [1.82, 2.24) is 4.90 Å². The van der Waals surface area contributed by atoms with Crippen LogP contribution >= 0.6 is 0 Å². The van der Waals surface area contributed by atoms with Crippen LogP contribution in [-0.2, 0) is 0 Å². The highest BCUT2D eigenvalue weighted by Crippen LogP contribution is 2.15. The summed E-state index contributed by atoms with van der Waals surface area (Å²) in [6, 6.07) is -0.529. The monoisotopic (exact) mass is 176 g/mol. The average molecular weight is 176 g/mol. The number of carbonyl (C=O) groups is 1. The SMILES string of the molecule is NC(=O)N1C=CC2N=CN=CC2=C1. The van der Waals surface area contributed by atoms with Gasteiger partial charge in [-0.05, 0) is 6.08 Å². The van der Waals surface area contributed by atoms with Gasteiger partial charge in [0, 0.05) is 24.2 Å². The first-order valence-electron chi connectivity index (χ1n) is 3.80. The number of rotatable bonds is 0. The zero-order chi connectivity index (χ0) is 9.26. The van der Waals surface area contributed by atoms with E-state index in [-0.39, 0.29) is 6.04 Å². The lowest BCUT2D eigenvalue weighted by molar-refractivity contribution is 0.234. The van der Waals surface area contributed by atoms with Gasteiger partial charge in [-0.2, -0.15) is 0 Å². The summed E-state index contributed by atoms with van der Waals surface area (Å²) in [4.78, 5) is 20.0. The smallest absolute Gasteiger partial charge is 0.322 e. The zero-order valence-electron chi connectivity index (χ0n) is 6.79. The van der Waals surface area contributed by atoms with Crippen molar-refractivity contribution >= 4 is 18.6 Å². The summed E-state index contributed by atoms with van der Waals surface area (Å²) in [6.45, 7) is 0. The van der Waals surface area contributed by atoms with Gasteiger partial charge in [0.15, 0.2) is 0 Å². The van der Waals surface area contributed by atoms with E-state index in [9.17, 15) is 4.79 Å². The molecule has 2 aliphatic heterocycles. The Morgan fingerprint density at radius 2 is 2.46 bits per heavy atom. The predicted octanol–water partition coefficient (Wildman–Crippen LogP) is 0.260. The molecule has 1 unspecified atom stereocenters. The van der Waals surface area contributed by atoms with Crippen molar-refractivity contribution in [1.29, 1.82) is 0 Å². The average Bonchev–Trinajstić information content (AvgIpc) is 2.17. The first-order chi connectivity index (χ1) is 6.27. The molecule has 0 radical (unpaired) electrons. The number of amides is 2. The molecule has 0 aromatic carbocycles. The number of fused-ring (bicyclic) bond motifs is 1. The summed E-state index contributed by atoms with van der Waals surface area (Å²) in [5.74, 6) is 0. The molecular weight excluding hydrogens is 168 g/mol. The van der Waals surface area contributed by atoms with Gasteiger partial charge in [-0.3, -0.25) is 9.89 Å². The Bertz CT molecular complexity index is 353. The van der Waals surface area contributed by atoms with E-state index < -0.39 is 6.03 Å². The van der Waals surface area contributed by atoms with Gasteiger partial charge in [0.25, 0.3) is 0 Å². The van der Waals surface area contributed by atoms with Crippen LogP contribution in [0.1, 0.15) is 0 Å². The van der Waals surface area contributed by atoms with E-state index in [0.29, 0.717) is 0 Å². The molecule has 66 valence electrons. The predicted molar refractivity (Wildman–Crippen MR) is 49.4 cm³/mol. The first-order valence-corrected chi connectivity index (χ1v) is 3.80. The molecule has 13 heavy (non-hydrogen) atoms. The fourth-order valence-corrected chi connectivity index (χ4v) is 1.18. The number of urea groups is 1. The highest BCUT2D eigenvalue weighted by Gasteiger charge is 2.17. The Hall–Kier alpha value is -1.91. The number of nitrogens with zero attached hydrogens (tertiary/aromatic N) is 3. The van der Waals surface area contributed by atoms with Crippen LogP contribution < -0.4 is 5.73 Å². The Balaban J connectivity index is 2.27. The van der Waals surface area contributed by atoms with Gasteiger partial charge in [-0.1, -0.05) is 0 Å². The zero-order valence-corrected chi connectivity index (χ0v) is 6.79. The van der Waals surface area contributed by atoms with E-state index in [0.717, 1.165) is 5.57 Å². The van der Waals surface area contributed by atoms with Crippen molar-refractivity contribution in [2.75, 3.05) is 0 Å². The molecular formula is C8H8N4O. The summed E-state index contributed by atoms with van der Waals surface area (Å²) < 4.78 is 0. The minimum Gasteiger partial charge on any atom is -0.351 e. The minimum atomic E-state index is -0.509. The molecule has 5 nitrogen and oxygen atoms in total. The molecule has 2 rings (SSSR count). The van der Waals surface area contributed by atoms with Crippen molar-refractivity contribution in [3.63, 3.8) is 0 Å². The van der Waals surface area contributed by atoms with Crippen LogP contribution in [0.3, 0.4) is 0 Å². The number of hydrogen-bond acceptors (Lipinski definition) is 3. The summed E-state index contributed by atoms with van der Waals surface area (Å²) in [5, 5.41) is 0. The second kappa shape index (κ2) is 2.85. The van der Waals surface area contributed by atoms with E-state index in [4.69, 9.17) is 5.73 Å². The van der Waals surface area contributed by atoms with Gasteiger partial charge >= 0.3 is 6.03 Å². The van der Waals surface area contributed by atoms with Crippen molar-refractivity contribution in [2.24, 2.45) is 15.7 Å². The molecule has 1 atom stereocenters. The van der Waals surface area contributed by atoms with Crippen LogP contribution in [0.15, 0.2) is 34.0 Å². The van der Waals surface area contributed by atoms with Crippen LogP contribution in [0.25, 0.3) is 0 Å². The maximum atomic E-state index is 10.8. The third kappa shape index (κ3) is 1.35.